The SMILES string of the molecule is CC(CCCCCCC(=O)O)O[C@@H]1OC(C)[C@H](OC(=O)CCC(=O)NC[C@H](O)c2ccc(O)cc2)CC1O. The van der Waals surface area contributed by atoms with Crippen molar-refractivity contribution in [3.8, 4) is 5.75 Å². The molecular weight excluding hydrogens is 498 g/mol. The van der Waals surface area contributed by atoms with E-state index < -0.39 is 48.6 Å². The van der Waals surface area contributed by atoms with Crippen LogP contribution in [-0.2, 0) is 28.6 Å². The van der Waals surface area contributed by atoms with E-state index in [0.717, 1.165) is 25.7 Å². The van der Waals surface area contributed by atoms with Crippen molar-refractivity contribution in [1.82, 2.24) is 5.32 Å². The number of aliphatic carboxylic acids is 1. The molecule has 0 spiro atoms. The lowest BCUT2D eigenvalue weighted by Gasteiger charge is -2.38. The maximum absolute atomic E-state index is 12.3. The zero-order chi connectivity index (χ0) is 28.1. The molecule has 11 heteroatoms. The summed E-state index contributed by atoms with van der Waals surface area (Å²) >= 11 is 0. The highest BCUT2D eigenvalue weighted by molar-refractivity contribution is 5.81. The first-order valence-electron chi connectivity index (χ1n) is 13.2. The van der Waals surface area contributed by atoms with Gasteiger partial charge in [0.25, 0.3) is 0 Å². The van der Waals surface area contributed by atoms with E-state index in [1.54, 1.807) is 19.1 Å². The van der Waals surface area contributed by atoms with Gasteiger partial charge in [-0.2, -0.15) is 0 Å². The third-order valence-corrected chi connectivity index (χ3v) is 6.39. The molecule has 0 aliphatic carbocycles. The third kappa shape index (κ3) is 11.8. The molecule has 0 aromatic heterocycles. The second kappa shape index (κ2) is 16.3. The van der Waals surface area contributed by atoms with Gasteiger partial charge in [-0.15, -0.1) is 0 Å². The van der Waals surface area contributed by atoms with Gasteiger partial charge in [0.05, 0.1) is 24.7 Å². The van der Waals surface area contributed by atoms with Gasteiger partial charge >= 0.3 is 11.9 Å². The number of carboxylic acid groups (broad SMARTS) is 1. The standard InChI is InChI=1S/C27H41NO10/c1-17(7-5-3-4-6-8-25(33)34)36-27-21(30)15-23(18(2)37-27)38-26(35)14-13-24(32)28-16-22(31)19-9-11-20(29)12-10-19/h9-12,17-18,21-23,27,29-31H,3-8,13-16H2,1-2H3,(H,28,32)(H,33,34)/t17?,18?,21?,22-,23+,27+/m0/s1. The monoisotopic (exact) mass is 539 g/mol. The molecule has 3 unspecified atom stereocenters. The molecule has 6 atom stereocenters. The minimum absolute atomic E-state index is 0.0388. The maximum Gasteiger partial charge on any atom is 0.306 e. The Hall–Kier alpha value is -2.73. The molecule has 0 radical (unpaired) electrons. The molecule has 1 aliphatic rings. The lowest BCUT2D eigenvalue weighted by Crippen LogP contribution is -2.49. The number of aliphatic hydroxyl groups is 2. The number of benzene rings is 1. The third-order valence-electron chi connectivity index (χ3n) is 6.39. The number of amides is 1. The molecule has 1 fully saturated rings. The molecule has 1 aliphatic heterocycles. The molecule has 1 amide bonds. The van der Waals surface area contributed by atoms with Crippen molar-refractivity contribution < 1.29 is 49.0 Å². The highest BCUT2D eigenvalue weighted by Gasteiger charge is 2.38. The molecule has 0 bridgehead atoms. The summed E-state index contributed by atoms with van der Waals surface area (Å²) in [7, 11) is 0. The molecule has 2 rings (SSSR count). The van der Waals surface area contributed by atoms with E-state index in [2.05, 4.69) is 5.32 Å². The average molecular weight is 540 g/mol. The first-order valence-corrected chi connectivity index (χ1v) is 13.2. The van der Waals surface area contributed by atoms with Crippen LogP contribution in [0.1, 0.15) is 83.3 Å². The number of phenolic OH excluding ortho intramolecular Hbond substituents is 1. The quantitative estimate of drug-likeness (QED) is 0.155. The minimum Gasteiger partial charge on any atom is -0.508 e. The van der Waals surface area contributed by atoms with Crippen LogP contribution >= 0.6 is 0 Å². The Morgan fingerprint density at radius 2 is 1.76 bits per heavy atom. The Bertz CT molecular complexity index is 877. The van der Waals surface area contributed by atoms with Crippen molar-refractivity contribution in [2.45, 2.75) is 108 Å². The minimum atomic E-state index is -0.980. The lowest BCUT2D eigenvalue weighted by molar-refractivity contribution is -0.276. The topological polar surface area (TPSA) is 172 Å². The molecule has 1 saturated heterocycles. The first-order chi connectivity index (χ1) is 18.0. The van der Waals surface area contributed by atoms with Gasteiger partial charge in [0.1, 0.15) is 18.0 Å². The van der Waals surface area contributed by atoms with Gasteiger partial charge < -0.3 is 40.0 Å². The summed E-state index contributed by atoms with van der Waals surface area (Å²) in [6, 6.07) is 5.98. The summed E-state index contributed by atoms with van der Waals surface area (Å²) in [6.45, 7) is 3.58. The number of aromatic hydroxyl groups is 1. The Balaban J connectivity index is 1.63. The highest BCUT2D eigenvalue weighted by Crippen LogP contribution is 2.26. The number of hydrogen-bond donors (Lipinski definition) is 5. The predicted molar refractivity (Wildman–Crippen MR) is 136 cm³/mol. The summed E-state index contributed by atoms with van der Waals surface area (Å²) in [5.74, 6) is -1.73. The largest absolute Gasteiger partial charge is 0.508 e. The number of phenols is 1. The number of carbonyl (C=O) groups is 3. The van der Waals surface area contributed by atoms with Crippen LogP contribution in [0.5, 0.6) is 5.75 Å². The number of rotatable bonds is 16. The fourth-order valence-electron chi connectivity index (χ4n) is 4.11. The van der Waals surface area contributed by atoms with Crippen LogP contribution in [0, 0.1) is 0 Å². The van der Waals surface area contributed by atoms with Crippen molar-refractivity contribution in [3.63, 3.8) is 0 Å². The average Bonchev–Trinajstić information content (AvgIpc) is 2.86. The molecule has 11 nitrogen and oxygen atoms in total. The van der Waals surface area contributed by atoms with E-state index in [1.807, 2.05) is 6.92 Å². The summed E-state index contributed by atoms with van der Waals surface area (Å²) in [4.78, 5) is 34.9. The summed E-state index contributed by atoms with van der Waals surface area (Å²) < 4.78 is 17.0. The van der Waals surface area contributed by atoms with Gasteiger partial charge in [0.15, 0.2) is 6.29 Å². The van der Waals surface area contributed by atoms with Crippen molar-refractivity contribution in [2.24, 2.45) is 0 Å². The van der Waals surface area contributed by atoms with Gasteiger partial charge in [-0.3, -0.25) is 14.4 Å². The molecule has 0 saturated carbocycles. The number of carboxylic acids is 1. The molecular formula is C27H41NO10. The van der Waals surface area contributed by atoms with Crippen LogP contribution in [0.15, 0.2) is 24.3 Å². The van der Waals surface area contributed by atoms with Crippen LogP contribution in [0.2, 0.25) is 0 Å². The van der Waals surface area contributed by atoms with Crippen LogP contribution < -0.4 is 5.32 Å². The van der Waals surface area contributed by atoms with Crippen molar-refractivity contribution in [1.29, 1.82) is 0 Å². The second-order valence-corrected chi connectivity index (χ2v) is 9.75. The van der Waals surface area contributed by atoms with E-state index in [4.69, 9.17) is 19.3 Å². The van der Waals surface area contributed by atoms with Gasteiger partial charge in [0, 0.05) is 25.8 Å². The predicted octanol–water partition coefficient (Wildman–Crippen LogP) is 2.56. The molecule has 1 aromatic carbocycles. The molecule has 1 aromatic rings. The van der Waals surface area contributed by atoms with Crippen LogP contribution in [0.3, 0.4) is 0 Å². The first kappa shape index (κ1) is 31.5. The zero-order valence-corrected chi connectivity index (χ0v) is 22.1. The van der Waals surface area contributed by atoms with E-state index >= 15 is 0 Å². The normalized spacial score (nSPS) is 22.8. The number of unbranched alkanes of at least 4 members (excludes halogenated alkanes) is 3. The highest BCUT2D eigenvalue weighted by atomic mass is 16.7. The van der Waals surface area contributed by atoms with Crippen LogP contribution in [0.25, 0.3) is 0 Å². The second-order valence-electron chi connectivity index (χ2n) is 9.75. The molecule has 1 heterocycles. The Morgan fingerprint density at radius 1 is 1.08 bits per heavy atom. The summed E-state index contributed by atoms with van der Waals surface area (Å²) in [5, 5.41) is 41.1. The van der Waals surface area contributed by atoms with E-state index in [1.165, 1.54) is 12.1 Å². The van der Waals surface area contributed by atoms with Gasteiger partial charge in [0.2, 0.25) is 5.91 Å². The number of ether oxygens (including phenoxy) is 3. The van der Waals surface area contributed by atoms with Crippen molar-refractivity contribution >= 4 is 17.8 Å². The number of nitrogens with one attached hydrogen (secondary N) is 1. The van der Waals surface area contributed by atoms with Gasteiger partial charge in [-0.05, 0) is 44.4 Å². The Morgan fingerprint density at radius 3 is 2.45 bits per heavy atom. The molecule has 5 N–H and O–H groups in total. The van der Waals surface area contributed by atoms with Crippen molar-refractivity contribution in [2.75, 3.05) is 6.54 Å². The Kier molecular flexibility index (Phi) is 13.5. The number of hydrogen-bond acceptors (Lipinski definition) is 9. The van der Waals surface area contributed by atoms with Crippen LogP contribution in [-0.4, -0.2) is 75.5 Å². The number of esters is 1. The van der Waals surface area contributed by atoms with E-state index in [-0.39, 0.29) is 44.1 Å². The van der Waals surface area contributed by atoms with Crippen LogP contribution in [0.4, 0.5) is 0 Å². The van der Waals surface area contributed by atoms with E-state index in [9.17, 15) is 29.7 Å². The lowest BCUT2D eigenvalue weighted by atomic mass is 10.0. The fourth-order valence-corrected chi connectivity index (χ4v) is 4.11. The van der Waals surface area contributed by atoms with Gasteiger partial charge in [-0.1, -0.05) is 31.4 Å². The smallest absolute Gasteiger partial charge is 0.306 e. The van der Waals surface area contributed by atoms with Crippen molar-refractivity contribution in [3.05, 3.63) is 29.8 Å². The van der Waals surface area contributed by atoms with E-state index in [0.29, 0.717) is 12.0 Å². The fraction of sp³-hybridized carbons (Fsp3) is 0.667. The molecule has 214 valence electrons. The number of aliphatic hydroxyl groups excluding tert-OH is 2. The maximum atomic E-state index is 12.3. The van der Waals surface area contributed by atoms with Gasteiger partial charge in [-0.25, -0.2) is 0 Å². The number of carbonyl (C=O) groups excluding carboxylic acids is 2. The molecule has 38 heavy (non-hydrogen) atoms. The zero-order valence-electron chi connectivity index (χ0n) is 22.1. The Labute approximate surface area is 223 Å². The summed E-state index contributed by atoms with van der Waals surface area (Å²) in [5.41, 5.74) is 0.539. The summed E-state index contributed by atoms with van der Waals surface area (Å²) in [6.07, 6.45) is -0.0520.